The summed E-state index contributed by atoms with van der Waals surface area (Å²) in [4.78, 5) is 0. The number of hydrogen-bond acceptors (Lipinski definition) is 2. The van der Waals surface area contributed by atoms with Gasteiger partial charge in [-0.15, -0.1) is 0 Å². The molecule has 19 heavy (non-hydrogen) atoms. The zero-order chi connectivity index (χ0) is 13.9. The standard InChI is InChI=1S/C14H18F3NS/c15-14(16,17)19-9-8-11-6-3-5-10-4-1-2-7-12(10)13(11)18/h1-2,4,7,11,13H,3,5-6,8-9,18H2. The van der Waals surface area contributed by atoms with Crippen molar-refractivity contribution in [2.75, 3.05) is 5.75 Å². The van der Waals surface area contributed by atoms with Crippen LogP contribution in [0.5, 0.6) is 0 Å². The van der Waals surface area contributed by atoms with Crippen molar-refractivity contribution < 1.29 is 13.2 Å². The van der Waals surface area contributed by atoms with Gasteiger partial charge in [0, 0.05) is 11.8 Å². The van der Waals surface area contributed by atoms with Crippen LogP contribution in [0.15, 0.2) is 24.3 Å². The van der Waals surface area contributed by atoms with Gasteiger partial charge in [-0.25, -0.2) is 0 Å². The molecule has 1 nitrogen and oxygen atoms in total. The quantitative estimate of drug-likeness (QED) is 0.840. The molecule has 1 aliphatic carbocycles. The monoisotopic (exact) mass is 289 g/mol. The fourth-order valence-corrected chi connectivity index (χ4v) is 3.38. The second kappa shape index (κ2) is 6.18. The maximum atomic E-state index is 12.2. The van der Waals surface area contributed by atoms with Crippen molar-refractivity contribution in [2.45, 2.75) is 37.2 Å². The molecule has 0 spiro atoms. The summed E-state index contributed by atoms with van der Waals surface area (Å²) in [6.07, 6.45) is 3.42. The minimum atomic E-state index is -4.13. The van der Waals surface area contributed by atoms with Crippen LogP contribution < -0.4 is 5.73 Å². The molecule has 1 aromatic carbocycles. The third-order valence-electron chi connectivity index (χ3n) is 3.70. The average Bonchev–Trinajstić information content (AvgIpc) is 2.49. The molecular weight excluding hydrogens is 271 g/mol. The third-order valence-corrected chi connectivity index (χ3v) is 4.46. The van der Waals surface area contributed by atoms with E-state index in [4.69, 9.17) is 5.73 Å². The molecule has 1 aliphatic rings. The van der Waals surface area contributed by atoms with Gasteiger partial charge < -0.3 is 5.73 Å². The SMILES string of the molecule is NC1c2ccccc2CCCC1CCSC(F)(F)F. The van der Waals surface area contributed by atoms with E-state index in [2.05, 4.69) is 6.07 Å². The summed E-state index contributed by atoms with van der Waals surface area (Å²) in [5.41, 5.74) is 4.48. The first-order valence-electron chi connectivity index (χ1n) is 6.51. The first-order chi connectivity index (χ1) is 8.97. The summed E-state index contributed by atoms with van der Waals surface area (Å²) >= 11 is 0.0618. The summed E-state index contributed by atoms with van der Waals surface area (Å²) in [5, 5.41) is 0. The van der Waals surface area contributed by atoms with Gasteiger partial charge in [0.05, 0.1) is 0 Å². The lowest BCUT2D eigenvalue weighted by atomic mass is 9.89. The number of thioether (sulfide) groups is 1. The largest absolute Gasteiger partial charge is 0.441 e. The van der Waals surface area contributed by atoms with Crippen molar-refractivity contribution in [1.82, 2.24) is 0 Å². The Morgan fingerprint density at radius 1 is 1.26 bits per heavy atom. The van der Waals surface area contributed by atoms with E-state index < -0.39 is 5.51 Å². The molecule has 0 aliphatic heterocycles. The minimum absolute atomic E-state index is 0.0618. The molecule has 1 aromatic rings. The van der Waals surface area contributed by atoms with Crippen LogP contribution in [0.25, 0.3) is 0 Å². The Morgan fingerprint density at radius 3 is 2.74 bits per heavy atom. The number of fused-ring (bicyclic) bond motifs is 1. The number of halogens is 3. The van der Waals surface area contributed by atoms with Crippen LogP contribution in [-0.4, -0.2) is 11.3 Å². The number of rotatable bonds is 3. The molecule has 2 unspecified atom stereocenters. The van der Waals surface area contributed by atoms with Gasteiger partial charge in [-0.1, -0.05) is 36.0 Å². The Hall–Kier alpha value is -0.680. The maximum absolute atomic E-state index is 12.2. The van der Waals surface area contributed by atoms with Gasteiger partial charge in [0.2, 0.25) is 0 Å². The highest BCUT2D eigenvalue weighted by atomic mass is 32.2. The van der Waals surface area contributed by atoms with Gasteiger partial charge >= 0.3 is 5.51 Å². The van der Waals surface area contributed by atoms with Crippen LogP contribution in [-0.2, 0) is 6.42 Å². The number of aryl methyl sites for hydroxylation is 1. The van der Waals surface area contributed by atoms with Crippen LogP contribution >= 0.6 is 11.8 Å². The molecule has 5 heteroatoms. The van der Waals surface area contributed by atoms with Gasteiger partial charge in [-0.2, -0.15) is 13.2 Å². The van der Waals surface area contributed by atoms with Crippen molar-refractivity contribution in [1.29, 1.82) is 0 Å². The molecule has 2 atom stereocenters. The molecule has 106 valence electrons. The smallest absolute Gasteiger partial charge is 0.324 e. The molecular formula is C14H18F3NS. The highest BCUT2D eigenvalue weighted by Crippen LogP contribution is 2.36. The molecule has 0 amide bonds. The summed E-state index contributed by atoms with van der Waals surface area (Å²) < 4.78 is 36.5. The van der Waals surface area contributed by atoms with Crippen molar-refractivity contribution in [2.24, 2.45) is 11.7 Å². The molecule has 0 radical (unpaired) electrons. The average molecular weight is 289 g/mol. The molecule has 0 heterocycles. The first kappa shape index (κ1) is 14.7. The second-order valence-electron chi connectivity index (χ2n) is 4.96. The predicted octanol–water partition coefficient (Wildman–Crippen LogP) is 4.28. The summed E-state index contributed by atoms with van der Waals surface area (Å²) in [6.45, 7) is 0. The molecule has 0 saturated carbocycles. The molecule has 0 fully saturated rings. The number of alkyl halides is 3. The minimum Gasteiger partial charge on any atom is -0.324 e. The van der Waals surface area contributed by atoms with Crippen LogP contribution in [0.1, 0.15) is 36.4 Å². The molecule has 0 aromatic heterocycles. The van der Waals surface area contributed by atoms with E-state index in [1.165, 1.54) is 5.56 Å². The Bertz CT molecular complexity index is 419. The van der Waals surface area contributed by atoms with Crippen molar-refractivity contribution in [3.8, 4) is 0 Å². The predicted molar refractivity (Wildman–Crippen MR) is 72.9 cm³/mol. The topological polar surface area (TPSA) is 26.0 Å². The summed E-state index contributed by atoms with van der Waals surface area (Å²) in [7, 11) is 0. The zero-order valence-corrected chi connectivity index (χ0v) is 11.4. The first-order valence-corrected chi connectivity index (χ1v) is 7.50. The fourth-order valence-electron chi connectivity index (χ4n) is 2.73. The zero-order valence-electron chi connectivity index (χ0n) is 10.6. The Morgan fingerprint density at radius 2 is 2.00 bits per heavy atom. The van der Waals surface area contributed by atoms with Gasteiger partial charge in [0.1, 0.15) is 0 Å². The van der Waals surface area contributed by atoms with E-state index in [-0.39, 0.29) is 29.5 Å². The van der Waals surface area contributed by atoms with E-state index in [0.29, 0.717) is 6.42 Å². The van der Waals surface area contributed by atoms with Gasteiger partial charge in [0.25, 0.3) is 0 Å². The molecule has 2 N–H and O–H groups in total. The second-order valence-corrected chi connectivity index (χ2v) is 6.12. The number of hydrogen-bond donors (Lipinski definition) is 1. The highest BCUT2D eigenvalue weighted by Gasteiger charge is 2.30. The van der Waals surface area contributed by atoms with Gasteiger partial charge in [-0.3, -0.25) is 0 Å². The normalized spacial score (nSPS) is 23.8. The van der Waals surface area contributed by atoms with E-state index in [0.717, 1.165) is 24.8 Å². The van der Waals surface area contributed by atoms with E-state index in [1.807, 2.05) is 18.2 Å². The highest BCUT2D eigenvalue weighted by molar-refractivity contribution is 8.00. The Balaban J connectivity index is 1.99. The summed E-state index contributed by atoms with van der Waals surface area (Å²) in [5.74, 6) is 0.253. The van der Waals surface area contributed by atoms with Crippen molar-refractivity contribution >= 4 is 11.8 Å². The van der Waals surface area contributed by atoms with Crippen LogP contribution in [0.4, 0.5) is 13.2 Å². The number of benzene rings is 1. The molecule has 2 rings (SSSR count). The lowest BCUT2D eigenvalue weighted by Crippen LogP contribution is -2.22. The van der Waals surface area contributed by atoms with E-state index in [1.54, 1.807) is 0 Å². The number of nitrogens with two attached hydrogens (primary N) is 1. The van der Waals surface area contributed by atoms with Crippen LogP contribution in [0.3, 0.4) is 0 Å². The van der Waals surface area contributed by atoms with Crippen LogP contribution in [0.2, 0.25) is 0 Å². The lowest BCUT2D eigenvalue weighted by molar-refractivity contribution is -0.0328. The Kier molecular flexibility index (Phi) is 4.79. The fraction of sp³-hybridized carbons (Fsp3) is 0.571. The lowest BCUT2D eigenvalue weighted by Gasteiger charge is -2.23. The van der Waals surface area contributed by atoms with Crippen molar-refractivity contribution in [3.63, 3.8) is 0 Å². The maximum Gasteiger partial charge on any atom is 0.441 e. The Labute approximate surface area is 115 Å². The summed E-state index contributed by atoms with van der Waals surface area (Å²) in [6, 6.07) is 7.89. The third kappa shape index (κ3) is 4.14. The van der Waals surface area contributed by atoms with Crippen molar-refractivity contribution in [3.05, 3.63) is 35.4 Å². The van der Waals surface area contributed by atoms with Crippen LogP contribution in [0, 0.1) is 5.92 Å². The van der Waals surface area contributed by atoms with E-state index in [9.17, 15) is 13.2 Å². The van der Waals surface area contributed by atoms with Gasteiger partial charge in [-0.05, 0) is 42.7 Å². The molecule has 0 bridgehead atoms. The molecule has 0 saturated heterocycles. The van der Waals surface area contributed by atoms with E-state index >= 15 is 0 Å². The van der Waals surface area contributed by atoms with Gasteiger partial charge in [0.15, 0.2) is 0 Å².